The van der Waals surface area contributed by atoms with E-state index < -0.39 is 16.7 Å². The minimum absolute atomic E-state index is 0.0474. The van der Waals surface area contributed by atoms with Crippen molar-refractivity contribution < 1.29 is 13.4 Å². The molecule has 2 atom stereocenters. The average molecular weight is 497 g/mol. The summed E-state index contributed by atoms with van der Waals surface area (Å²) in [6.07, 6.45) is 3.72. The second-order valence-corrected chi connectivity index (χ2v) is 11.1. The number of carbonyl (C=O) groups excluding carboxylic acids is 1. The minimum atomic E-state index is -1.04. The van der Waals surface area contributed by atoms with E-state index in [1.54, 1.807) is 18.4 Å². The Morgan fingerprint density at radius 3 is 2.29 bits per heavy atom. The van der Waals surface area contributed by atoms with Gasteiger partial charge in [0.25, 0.3) is 0 Å². The Kier molecular flexibility index (Phi) is 8.84. The first-order valence-corrected chi connectivity index (χ1v) is 13.8. The van der Waals surface area contributed by atoms with Crippen LogP contribution in [0.3, 0.4) is 0 Å². The number of nitrogens with one attached hydrogen (secondary N) is 1. The molecule has 0 saturated carbocycles. The standard InChI is InChI=1S/C29H37FN2O2S/c1-18(2)31-14-15-32(19(3)4)29(33)21(6)28-20(5)26(25-13-10-23(30)17-27(25)28)16-22-8-11-24(12-9-22)35(7)34/h8-13,16-19,21,31H,14-15H2,1-7H3/b26-16-. The number of nitrogens with zero attached hydrogens (tertiary/aromatic N) is 1. The summed E-state index contributed by atoms with van der Waals surface area (Å²) < 4.78 is 26.1. The predicted octanol–water partition coefficient (Wildman–Crippen LogP) is 5.76. The lowest BCUT2D eigenvalue weighted by atomic mass is 9.92. The van der Waals surface area contributed by atoms with Gasteiger partial charge in [0.05, 0.1) is 5.92 Å². The summed E-state index contributed by atoms with van der Waals surface area (Å²) in [7, 11) is -1.04. The van der Waals surface area contributed by atoms with E-state index in [2.05, 4.69) is 25.2 Å². The molecule has 1 aliphatic rings. The molecule has 1 amide bonds. The molecular formula is C29H37FN2O2S. The highest BCUT2D eigenvalue weighted by Crippen LogP contribution is 2.46. The summed E-state index contributed by atoms with van der Waals surface area (Å²) in [4.78, 5) is 16.4. The van der Waals surface area contributed by atoms with Crippen LogP contribution in [0.5, 0.6) is 0 Å². The van der Waals surface area contributed by atoms with Crippen LogP contribution in [0, 0.1) is 11.7 Å². The van der Waals surface area contributed by atoms with Gasteiger partial charge >= 0.3 is 0 Å². The summed E-state index contributed by atoms with van der Waals surface area (Å²) >= 11 is 0. The van der Waals surface area contributed by atoms with Gasteiger partial charge in [-0.05, 0) is 91.4 Å². The maximum absolute atomic E-state index is 14.4. The molecule has 3 rings (SSSR count). The van der Waals surface area contributed by atoms with Gasteiger partial charge in [0.2, 0.25) is 5.91 Å². The zero-order chi connectivity index (χ0) is 25.9. The molecule has 0 aliphatic heterocycles. The first-order valence-electron chi connectivity index (χ1n) is 12.2. The second-order valence-electron chi connectivity index (χ2n) is 9.77. The van der Waals surface area contributed by atoms with Crippen molar-refractivity contribution in [1.29, 1.82) is 0 Å². The molecule has 0 fully saturated rings. The molecule has 2 aromatic rings. The Morgan fingerprint density at radius 1 is 1.06 bits per heavy atom. The highest BCUT2D eigenvalue weighted by atomic mass is 32.2. The Bertz CT molecular complexity index is 1170. The number of carbonyl (C=O) groups is 1. The Balaban J connectivity index is 2.01. The van der Waals surface area contributed by atoms with E-state index in [0.29, 0.717) is 12.6 Å². The fourth-order valence-corrected chi connectivity index (χ4v) is 5.18. The smallest absolute Gasteiger partial charge is 0.230 e. The maximum Gasteiger partial charge on any atom is 0.230 e. The van der Waals surface area contributed by atoms with Gasteiger partial charge in [-0.1, -0.05) is 32.0 Å². The summed E-state index contributed by atoms with van der Waals surface area (Å²) in [5.41, 5.74) is 5.53. The molecular weight excluding hydrogens is 459 g/mol. The van der Waals surface area contributed by atoms with Crippen molar-refractivity contribution in [1.82, 2.24) is 10.2 Å². The van der Waals surface area contributed by atoms with Crippen molar-refractivity contribution in [3.05, 3.63) is 70.5 Å². The number of allylic oxidation sites excluding steroid dienone is 2. The van der Waals surface area contributed by atoms with Gasteiger partial charge in [0.1, 0.15) is 5.82 Å². The van der Waals surface area contributed by atoms with E-state index in [-0.39, 0.29) is 17.8 Å². The molecule has 1 N–H and O–H groups in total. The third-order valence-electron chi connectivity index (χ3n) is 6.51. The monoisotopic (exact) mass is 496 g/mol. The summed E-state index contributed by atoms with van der Waals surface area (Å²) in [5, 5.41) is 3.39. The number of benzene rings is 2. The molecule has 2 unspecified atom stereocenters. The average Bonchev–Trinajstić information content (AvgIpc) is 3.06. The molecule has 188 valence electrons. The topological polar surface area (TPSA) is 49.4 Å². The highest BCUT2D eigenvalue weighted by Gasteiger charge is 2.33. The number of rotatable bonds is 9. The van der Waals surface area contributed by atoms with Crippen LogP contribution in [0.15, 0.2) is 52.9 Å². The molecule has 1 aliphatic carbocycles. The first kappa shape index (κ1) is 27.0. The Hall–Kier alpha value is -2.57. The Morgan fingerprint density at radius 2 is 1.71 bits per heavy atom. The molecule has 4 nitrogen and oxygen atoms in total. The van der Waals surface area contributed by atoms with Gasteiger partial charge in [0.15, 0.2) is 0 Å². The number of halogens is 1. The van der Waals surface area contributed by atoms with Crippen LogP contribution in [0.25, 0.3) is 17.2 Å². The Labute approximate surface area is 211 Å². The predicted molar refractivity (Wildman–Crippen MR) is 145 cm³/mol. The fraction of sp³-hybridized carbons (Fsp3) is 0.414. The van der Waals surface area contributed by atoms with Crippen molar-refractivity contribution in [2.75, 3.05) is 19.3 Å². The van der Waals surface area contributed by atoms with Crippen LogP contribution < -0.4 is 5.32 Å². The van der Waals surface area contributed by atoms with Crippen LogP contribution in [-0.2, 0) is 15.6 Å². The van der Waals surface area contributed by atoms with Crippen molar-refractivity contribution in [3.63, 3.8) is 0 Å². The normalized spacial score (nSPS) is 16.2. The number of fused-ring (bicyclic) bond motifs is 1. The van der Waals surface area contributed by atoms with E-state index in [1.807, 2.05) is 56.9 Å². The molecule has 0 spiro atoms. The van der Waals surface area contributed by atoms with Crippen molar-refractivity contribution >= 4 is 33.9 Å². The minimum Gasteiger partial charge on any atom is -0.338 e. The lowest BCUT2D eigenvalue weighted by molar-refractivity contribution is -0.134. The molecule has 0 saturated heterocycles. The van der Waals surface area contributed by atoms with Gasteiger partial charge in [-0.3, -0.25) is 9.00 Å². The number of amides is 1. The summed E-state index contributed by atoms with van der Waals surface area (Å²) in [6.45, 7) is 13.5. The van der Waals surface area contributed by atoms with E-state index in [0.717, 1.165) is 44.8 Å². The highest BCUT2D eigenvalue weighted by molar-refractivity contribution is 7.84. The van der Waals surface area contributed by atoms with Crippen LogP contribution in [0.1, 0.15) is 58.2 Å². The second kappa shape index (κ2) is 11.4. The number of hydrogen-bond acceptors (Lipinski definition) is 3. The van der Waals surface area contributed by atoms with Crippen LogP contribution in [0.4, 0.5) is 4.39 Å². The summed E-state index contributed by atoms with van der Waals surface area (Å²) in [5.74, 6) is -0.675. The van der Waals surface area contributed by atoms with E-state index >= 15 is 0 Å². The van der Waals surface area contributed by atoms with E-state index in [1.165, 1.54) is 6.07 Å². The third-order valence-corrected chi connectivity index (χ3v) is 7.44. The molecule has 0 heterocycles. The summed E-state index contributed by atoms with van der Waals surface area (Å²) in [6, 6.07) is 12.8. The van der Waals surface area contributed by atoms with Gasteiger partial charge in [-0.25, -0.2) is 4.39 Å². The molecule has 35 heavy (non-hydrogen) atoms. The number of hydrogen-bond donors (Lipinski definition) is 1. The van der Waals surface area contributed by atoms with Gasteiger partial charge in [0, 0.05) is 47.1 Å². The molecule has 2 aromatic carbocycles. The SMILES string of the molecule is CC1=C(C(C)C(=O)N(CCNC(C)C)C(C)C)c2cc(F)ccc2/C1=C\c1ccc(S(C)=O)cc1. The zero-order valence-electron chi connectivity index (χ0n) is 21.8. The lowest BCUT2D eigenvalue weighted by Gasteiger charge is -2.31. The van der Waals surface area contributed by atoms with Crippen molar-refractivity contribution in [2.45, 2.75) is 58.5 Å². The van der Waals surface area contributed by atoms with Crippen molar-refractivity contribution in [3.8, 4) is 0 Å². The molecule has 0 aromatic heterocycles. The molecule has 0 bridgehead atoms. The van der Waals surface area contributed by atoms with Gasteiger partial charge in [-0.2, -0.15) is 0 Å². The van der Waals surface area contributed by atoms with Crippen LogP contribution >= 0.6 is 0 Å². The van der Waals surface area contributed by atoms with Crippen LogP contribution in [-0.4, -0.2) is 46.4 Å². The van der Waals surface area contributed by atoms with Crippen molar-refractivity contribution in [2.24, 2.45) is 5.92 Å². The maximum atomic E-state index is 14.4. The van der Waals surface area contributed by atoms with E-state index in [4.69, 9.17) is 0 Å². The lowest BCUT2D eigenvalue weighted by Crippen LogP contribution is -2.44. The molecule has 0 radical (unpaired) electrons. The van der Waals surface area contributed by atoms with E-state index in [9.17, 15) is 13.4 Å². The first-order chi connectivity index (χ1) is 16.5. The molecule has 6 heteroatoms. The van der Waals surface area contributed by atoms with Gasteiger partial charge in [-0.15, -0.1) is 0 Å². The van der Waals surface area contributed by atoms with Crippen LogP contribution in [0.2, 0.25) is 0 Å². The largest absolute Gasteiger partial charge is 0.338 e. The fourth-order valence-electron chi connectivity index (χ4n) is 4.66. The quantitative estimate of drug-likeness (QED) is 0.480. The third kappa shape index (κ3) is 6.17. The van der Waals surface area contributed by atoms with Gasteiger partial charge < -0.3 is 10.2 Å². The zero-order valence-corrected chi connectivity index (χ0v) is 22.6.